The molecule has 0 radical (unpaired) electrons. The summed E-state index contributed by atoms with van der Waals surface area (Å²) < 4.78 is 14.4. The standard InChI is InChI=1S/C37H41N3O4S2/c1-37(2,36(42)38-46-33-12-5-10-31(23-33)43-3)44-32-11-4-9-30(22-32)39-20-6-8-28(25-39)35(41)40(29-18-19-29)24-26-14-16-27(17-15-26)34-13-7-21-45-34/h4-5,7,9-17,21-23,28-29H,6,8,18-20,24-25H2,1-3H3,(H,38,42). The van der Waals surface area contributed by atoms with Gasteiger partial charge in [0, 0.05) is 47.2 Å². The molecule has 1 saturated carbocycles. The van der Waals surface area contributed by atoms with Gasteiger partial charge in [0.1, 0.15) is 11.5 Å². The van der Waals surface area contributed by atoms with Crippen molar-refractivity contribution in [1.29, 1.82) is 0 Å². The lowest BCUT2D eigenvalue weighted by Crippen LogP contribution is -2.45. The number of thiophene rings is 1. The number of carbonyl (C=O) groups is 2. The first-order valence-electron chi connectivity index (χ1n) is 15.9. The Bertz CT molecular complexity index is 1640. The van der Waals surface area contributed by atoms with Gasteiger partial charge in [-0.3, -0.25) is 14.3 Å². The van der Waals surface area contributed by atoms with Crippen molar-refractivity contribution >= 4 is 40.8 Å². The number of nitrogens with zero attached hydrogens (tertiary/aromatic N) is 2. The molecule has 2 amide bonds. The first-order valence-corrected chi connectivity index (χ1v) is 17.6. The van der Waals surface area contributed by atoms with Gasteiger partial charge in [-0.15, -0.1) is 11.3 Å². The highest BCUT2D eigenvalue weighted by atomic mass is 32.2. The fraction of sp³-hybridized carbons (Fsp3) is 0.351. The zero-order valence-corrected chi connectivity index (χ0v) is 28.2. The van der Waals surface area contributed by atoms with Crippen LogP contribution in [0.15, 0.2) is 95.2 Å². The fourth-order valence-electron chi connectivity index (χ4n) is 5.81. The Morgan fingerprint density at radius 2 is 1.76 bits per heavy atom. The number of rotatable bonds is 12. The van der Waals surface area contributed by atoms with E-state index in [9.17, 15) is 9.59 Å². The van der Waals surface area contributed by atoms with Gasteiger partial charge in [-0.1, -0.05) is 42.5 Å². The molecule has 9 heteroatoms. The third-order valence-corrected chi connectivity index (χ3v) is 10.3. The van der Waals surface area contributed by atoms with E-state index < -0.39 is 5.60 Å². The van der Waals surface area contributed by atoms with Crippen LogP contribution < -0.4 is 19.1 Å². The van der Waals surface area contributed by atoms with Crippen LogP contribution in [0.4, 0.5) is 5.69 Å². The number of methoxy groups -OCH3 is 1. The van der Waals surface area contributed by atoms with Crippen molar-refractivity contribution in [3.8, 4) is 21.9 Å². The summed E-state index contributed by atoms with van der Waals surface area (Å²) in [4.78, 5) is 33.6. The van der Waals surface area contributed by atoms with Crippen LogP contribution in [-0.2, 0) is 16.1 Å². The van der Waals surface area contributed by atoms with Crippen molar-refractivity contribution in [3.63, 3.8) is 0 Å². The first-order chi connectivity index (χ1) is 22.3. The highest BCUT2D eigenvalue weighted by Crippen LogP contribution is 2.34. The average molecular weight is 656 g/mol. The number of anilines is 1. The lowest BCUT2D eigenvalue weighted by molar-refractivity contribution is -0.137. The van der Waals surface area contributed by atoms with Crippen molar-refractivity contribution in [1.82, 2.24) is 9.62 Å². The highest BCUT2D eigenvalue weighted by Gasteiger charge is 2.37. The minimum Gasteiger partial charge on any atom is -0.497 e. The number of ether oxygens (including phenoxy) is 2. The van der Waals surface area contributed by atoms with Crippen LogP contribution in [0.2, 0.25) is 0 Å². The fourth-order valence-corrected chi connectivity index (χ4v) is 7.32. The molecule has 240 valence electrons. The largest absolute Gasteiger partial charge is 0.497 e. The Hall–Kier alpha value is -3.95. The van der Waals surface area contributed by atoms with E-state index >= 15 is 0 Å². The van der Waals surface area contributed by atoms with Crippen molar-refractivity contribution in [3.05, 3.63) is 95.9 Å². The predicted octanol–water partition coefficient (Wildman–Crippen LogP) is 7.81. The van der Waals surface area contributed by atoms with Crippen LogP contribution in [0.25, 0.3) is 10.4 Å². The van der Waals surface area contributed by atoms with E-state index in [1.54, 1.807) is 32.3 Å². The van der Waals surface area contributed by atoms with E-state index in [4.69, 9.17) is 9.47 Å². The number of piperidine rings is 1. The van der Waals surface area contributed by atoms with Gasteiger partial charge in [0.25, 0.3) is 5.91 Å². The van der Waals surface area contributed by atoms with Crippen molar-refractivity contribution < 1.29 is 19.1 Å². The molecule has 1 aromatic heterocycles. The molecule has 1 N–H and O–H groups in total. The normalized spacial score (nSPS) is 16.5. The summed E-state index contributed by atoms with van der Waals surface area (Å²) >= 11 is 2.97. The van der Waals surface area contributed by atoms with E-state index in [1.807, 2.05) is 42.5 Å². The SMILES string of the molecule is COc1cccc(SNC(=O)C(C)(C)Oc2cccc(N3CCCC(C(=O)N(Cc4ccc(-c5cccs5)cc4)C4CC4)C3)c2)c1. The molecule has 1 aliphatic carbocycles. The summed E-state index contributed by atoms with van der Waals surface area (Å²) in [5.74, 6) is 1.31. The van der Waals surface area contributed by atoms with Gasteiger partial charge in [0.15, 0.2) is 5.60 Å². The quantitative estimate of drug-likeness (QED) is 0.157. The highest BCUT2D eigenvalue weighted by molar-refractivity contribution is 7.98. The van der Waals surface area contributed by atoms with Crippen LogP contribution in [0.5, 0.6) is 11.5 Å². The van der Waals surface area contributed by atoms with E-state index in [2.05, 4.69) is 62.4 Å². The Morgan fingerprint density at radius 3 is 2.50 bits per heavy atom. The molecule has 0 bridgehead atoms. The number of hydrogen-bond donors (Lipinski definition) is 1. The molecule has 2 heterocycles. The lowest BCUT2D eigenvalue weighted by Gasteiger charge is -2.36. The van der Waals surface area contributed by atoms with Crippen molar-refractivity contribution in [2.75, 3.05) is 25.1 Å². The summed E-state index contributed by atoms with van der Waals surface area (Å²) in [6.07, 6.45) is 4.00. The molecule has 4 aromatic rings. The van der Waals surface area contributed by atoms with Gasteiger partial charge in [-0.2, -0.15) is 0 Å². The summed E-state index contributed by atoms with van der Waals surface area (Å²) in [5, 5.41) is 2.10. The van der Waals surface area contributed by atoms with Crippen LogP contribution in [-0.4, -0.2) is 48.6 Å². The van der Waals surface area contributed by atoms with Crippen molar-refractivity contribution in [2.24, 2.45) is 5.92 Å². The molecule has 0 spiro atoms. The van der Waals surface area contributed by atoms with E-state index in [-0.39, 0.29) is 17.7 Å². The number of benzene rings is 3. The molecule has 6 rings (SSSR count). The van der Waals surface area contributed by atoms with Gasteiger partial charge in [0.05, 0.1) is 13.0 Å². The molecule has 3 aromatic carbocycles. The van der Waals surface area contributed by atoms with Crippen LogP contribution >= 0.6 is 23.3 Å². The predicted molar refractivity (Wildman–Crippen MR) is 186 cm³/mol. The van der Waals surface area contributed by atoms with Gasteiger partial charge in [-0.05, 0) is 104 Å². The monoisotopic (exact) mass is 655 g/mol. The van der Waals surface area contributed by atoms with E-state index in [0.717, 1.165) is 48.6 Å². The molecule has 2 aliphatic rings. The second-order valence-electron chi connectivity index (χ2n) is 12.5. The third kappa shape index (κ3) is 7.88. The zero-order chi connectivity index (χ0) is 32.1. The molecule has 1 unspecified atom stereocenters. The van der Waals surface area contributed by atoms with E-state index in [1.165, 1.54) is 28.0 Å². The maximum Gasteiger partial charge on any atom is 0.273 e. The van der Waals surface area contributed by atoms with Crippen LogP contribution in [0.3, 0.4) is 0 Å². The molecular weight excluding hydrogens is 615 g/mol. The maximum atomic E-state index is 14.0. The number of carbonyl (C=O) groups excluding carboxylic acids is 2. The van der Waals surface area contributed by atoms with Gasteiger partial charge >= 0.3 is 0 Å². The molecular formula is C37H41N3O4S2. The van der Waals surface area contributed by atoms with Gasteiger partial charge in [-0.25, -0.2) is 0 Å². The second kappa shape index (κ2) is 14.2. The zero-order valence-electron chi connectivity index (χ0n) is 26.6. The summed E-state index contributed by atoms with van der Waals surface area (Å²) in [6.45, 7) is 5.73. The Kier molecular flexibility index (Phi) is 9.89. The topological polar surface area (TPSA) is 71.1 Å². The minimum atomic E-state index is -1.10. The van der Waals surface area contributed by atoms with Crippen LogP contribution in [0, 0.1) is 5.92 Å². The Balaban J connectivity index is 1.07. The minimum absolute atomic E-state index is 0.0554. The van der Waals surface area contributed by atoms with Gasteiger partial charge in [0.2, 0.25) is 5.91 Å². The third-order valence-electron chi connectivity index (χ3n) is 8.56. The van der Waals surface area contributed by atoms with E-state index in [0.29, 0.717) is 24.9 Å². The number of nitrogens with one attached hydrogen (secondary N) is 1. The molecule has 1 aliphatic heterocycles. The number of hydrogen-bond acceptors (Lipinski definition) is 7. The average Bonchev–Trinajstić information content (AvgIpc) is 3.78. The Morgan fingerprint density at radius 1 is 0.978 bits per heavy atom. The second-order valence-corrected chi connectivity index (χ2v) is 14.3. The Labute approximate surface area is 280 Å². The molecule has 1 saturated heterocycles. The number of amides is 2. The smallest absolute Gasteiger partial charge is 0.273 e. The molecule has 7 nitrogen and oxygen atoms in total. The van der Waals surface area contributed by atoms with Crippen molar-refractivity contribution in [2.45, 2.75) is 62.6 Å². The lowest BCUT2D eigenvalue weighted by atomic mass is 9.95. The summed E-state index contributed by atoms with van der Waals surface area (Å²) in [7, 11) is 1.62. The summed E-state index contributed by atoms with van der Waals surface area (Å²) in [6, 6.07) is 28.6. The molecule has 2 fully saturated rings. The summed E-state index contributed by atoms with van der Waals surface area (Å²) in [5.41, 5.74) is 2.29. The van der Waals surface area contributed by atoms with Gasteiger partial charge < -0.3 is 19.3 Å². The first kappa shape index (κ1) is 32.0. The van der Waals surface area contributed by atoms with Crippen LogP contribution in [0.1, 0.15) is 45.1 Å². The molecule has 46 heavy (non-hydrogen) atoms. The maximum absolute atomic E-state index is 14.0. The molecule has 1 atom stereocenters.